The first kappa shape index (κ1) is 11.6. The van der Waals surface area contributed by atoms with Gasteiger partial charge in [-0.3, -0.25) is 0 Å². The van der Waals surface area contributed by atoms with Gasteiger partial charge in [0.1, 0.15) is 5.82 Å². The number of allylic oxidation sites excluding steroid dienone is 2. The van der Waals surface area contributed by atoms with Gasteiger partial charge in [0.2, 0.25) is 0 Å². The van der Waals surface area contributed by atoms with Gasteiger partial charge in [-0.25, -0.2) is 15.0 Å². The van der Waals surface area contributed by atoms with Crippen LogP contribution >= 0.6 is 0 Å². The summed E-state index contributed by atoms with van der Waals surface area (Å²) in [5.41, 5.74) is 2.98. The van der Waals surface area contributed by atoms with E-state index in [-0.39, 0.29) is 0 Å². The molecule has 19 heavy (non-hydrogen) atoms. The Balaban J connectivity index is 2.01. The third kappa shape index (κ3) is 2.38. The second-order valence-electron chi connectivity index (χ2n) is 4.26. The fourth-order valence-electron chi connectivity index (χ4n) is 1.98. The van der Waals surface area contributed by atoms with Crippen LogP contribution in [0.25, 0.3) is 22.4 Å². The smallest absolute Gasteiger partial charge is 0.159 e. The molecule has 0 aliphatic rings. The van der Waals surface area contributed by atoms with E-state index in [1.807, 2.05) is 37.3 Å². The van der Waals surface area contributed by atoms with Crippen molar-refractivity contribution in [3.05, 3.63) is 54.6 Å². The van der Waals surface area contributed by atoms with E-state index in [1.165, 1.54) is 0 Å². The number of H-pyrrole nitrogens is 1. The predicted molar refractivity (Wildman–Crippen MR) is 75.6 cm³/mol. The normalized spacial score (nSPS) is 11.4. The molecule has 0 aliphatic heterocycles. The minimum absolute atomic E-state index is 0.731. The molecule has 0 saturated carbocycles. The van der Waals surface area contributed by atoms with Gasteiger partial charge >= 0.3 is 0 Å². The Morgan fingerprint density at radius 2 is 2.05 bits per heavy atom. The molecule has 0 atom stereocenters. The summed E-state index contributed by atoms with van der Waals surface area (Å²) in [7, 11) is 0. The fraction of sp³-hybridized carbons (Fsp3) is 0.133. The number of hydrogen-bond acceptors (Lipinski definition) is 3. The van der Waals surface area contributed by atoms with Crippen molar-refractivity contribution < 1.29 is 0 Å². The Hall–Kier alpha value is -2.49. The molecule has 4 nitrogen and oxygen atoms in total. The van der Waals surface area contributed by atoms with E-state index in [4.69, 9.17) is 0 Å². The van der Waals surface area contributed by atoms with E-state index >= 15 is 0 Å². The maximum absolute atomic E-state index is 4.54. The first-order chi connectivity index (χ1) is 9.36. The van der Waals surface area contributed by atoms with E-state index in [9.17, 15) is 0 Å². The van der Waals surface area contributed by atoms with Crippen LogP contribution in [0.15, 0.2) is 48.8 Å². The first-order valence-corrected chi connectivity index (χ1v) is 6.24. The lowest BCUT2D eigenvalue weighted by atomic mass is 10.2. The molecule has 0 fully saturated rings. The van der Waals surface area contributed by atoms with Gasteiger partial charge in [-0.15, -0.1) is 0 Å². The summed E-state index contributed by atoms with van der Waals surface area (Å²) in [6.45, 7) is 2.01. The Labute approximate surface area is 111 Å². The zero-order valence-corrected chi connectivity index (χ0v) is 10.7. The highest BCUT2D eigenvalue weighted by Crippen LogP contribution is 2.20. The molecule has 3 rings (SSSR count). The fourth-order valence-corrected chi connectivity index (χ4v) is 1.98. The van der Waals surface area contributed by atoms with Crippen molar-refractivity contribution in [1.82, 2.24) is 19.9 Å². The second kappa shape index (κ2) is 5.02. The molecule has 0 aliphatic carbocycles. The van der Waals surface area contributed by atoms with Crippen molar-refractivity contribution in [2.24, 2.45) is 0 Å². The van der Waals surface area contributed by atoms with E-state index in [1.54, 1.807) is 12.4 Å². The summed E-state index contributed by atoms with van der Waals surface area (Å²) in [6, 6.07) is 7.85. The van der Waals surface area contributed by atoms with Gasteiger partial charge in [-0.2, -0.15) is 0 Å². The third-order valence-electron chi connectivity index (χ3n) is 2.90. The second-order valence-corrected chi connectivity index (χ2v) is 4.26. The van der Waals surface area contributed by atoms with E-state index in [2.05, 4.69) is 26.0 Å². The van der Waals surface area contributed by atoms with Crippen LogP contribution in [-0.2, 0) is 6.42 Å². The van der Waals surface area contributed by atoms with Crippen molar-refractivity contribution >= 4 is 11.0 Å². The molecule has 0 saturated heterocycles. The van der Waals surface area contributed by atoms with Crippen molar-refractivity contribution in [3.63, 3.8) is 0 Å². The van der Waals surface area contributed by atoms with E-state index < -0.39 is 0 Å². The molecule has 0 bridgehead atoms. The Morgan fingerprint density at radius 1 is 1.21 bits per heavy atom. The van der Waals surface area contributed by atoms with Gasteiger partial charge in [-0.1, -0.05) is 12.2 Å². The van der Waals surface area contributed by atoms with E-state index in [0.29, 0.717) is 0 Å². The Bertz CT molecular complexity index is 713. The highest BCUT2D eigenvalue weighted by Gasteiger charge is 2.05. The number of fused-ring (bicyclic) bond motifs is 1. The minimum Gasteiger partial charge on any atom is -0.342 e. The van der Waals surface area contributed by atoms with Crippen molar-refractivity contribution in [2.45, 2.75) is 13.3 Å². The quantitative estimate of drug-likeness (QED) is 0.726. The van der Waals surface area contributed by atoms with Gasteiger partial charge in [0.15, 0.2) is 5.82 Å². The molecule has 2 aromatic heterocycles. The van der Waals surface area contributed by atoms with Crippen LogP contribution in [0.5, 0.6) is 0 Å². The van der Waals surface area contributed by atoms with Gasteiger partial charge in [-0.05, 0) is 31.2 Å². The topological polar surface area (TPSA) is 54.5 Å². The summed E-state index contributed by atoms with van der Waals surface area (Å²) in [6.07, 6.45) is 8.42. The maximum atomic E-state index is 4.54. The maximum Gasteiger partial charge on any atom is 0.159 e. The average molecular weight is 250 g/mol. The number of nitrogens with one attached hydrogen (secondary N) is 1. The molecular weight excluding hydrogens is 236 g/mol. The minimum atomic E-state index is 0.731. The highest BCUT2D eigenvalue weighted by atomic mass is 14.9. The molecule has 0 radical (unpaired) electrons. The van der Waals surface area contributed by atoms with Gasteiger partial charge < -0.3 is 4.98 Å². The monoisotopic (exact) mass is 250 g/mol. The van der Waals surface area contributed by atoms with Gasteiger partial charge in [0.05, 0.1) is 11.0 Å². The standard InChI is InChI=1S/C15H14N4/c1-2-3-5-14-18-12-7-6-11(10-13(12)19-14)15-16-8-4-9-17-15/h2-4,6-10H,5H2,1H3,(H,18,19). The molecule has 1 aromatic carbocycles. The highest BCUT2D eigenvalue weighted by molar-refractivity contribution is 5.80. The predicted octanol–water partition coefficient (Wildman–Crippen LogP) is 3.14. The van der Waals surface area contributed by atoms with Crippen LogP contribution in [-0.4, -0.2) is 19.9 Å². The lowest BCUT2D eigenvalue weighted by Crippen LogP contribution is -1.86. The number of aromatic nitrogens is 4. The Kier molecular flexibility index (Phi) is 3.06. The SMILES string of the molecule is CC=CCc1nc2ccc(-c3ncccn3)cc2[nH]1. The molecule has 3 aromatic rings. The molecule has 2 heterocycles. The molecule has 4 heteroatoms. The van der Waals surface area contributed by atoms with Crippen LogP contribution in [0.2, 0.25) is 0 Å². The van der Waals surface area contributed by atoms with Crippen molar-refractivity contribution in [1.29, 1.82) is 0 Å². The van der Waals surface area contributed by atoms with Crippen LogP contribution in [0, 0.1) is 0 Å². The molecular formula is C15H14N4. The summed E-state index contributed by atoms with van der Waals surface area (Å²) in [5, 5.41) is 0. The van der Waals surface area contributed by atoms with Gasteiger partial charge in [0, 0.05) is 24.4 Å². The molecule has 0 amide bonds. The summed E-state index contributed by atoms with van der Waals surface area (Å²) in [4.78, 5) is 16.4. The lowest BCUT2D eigenvalue weighted by molar-refractivity contribution is 1.07. The van der Waals surface area contributed by atoms with Crippen LogP contribution < -0.4 is 0 Å². The van der Waals surface area contributed by atoms with Crippen molar-refractivity contribution in [3.8, 4) is 11.4 Å². The molecule has 0 unspecified atom stereocenters. The summed E-state index contributed by atoms with van der Waals surface area (Å²) >= 11 is 0. The zero-order chi connectivity index (χ0) is 13.1. The summed E-state index contributed by atoms with van der Waals surface area (Å²) < 4.78 is 0. The molecule has 94 valence electrons. The van der Waals surface area contributed by atoms with Crippen molar-refractivity contribution in [2.75, 3.05) is 0 Å². The van der Waals surface area contributed by atoms with Crippen LogP contribution in [0.3, 0.4) is 0 Å². The third-order valence-corrected chi connectivity index (χ3v) is 2.90. The number of benzene rings is 1. The van der Waals surface area contributed by atoms with Gasteiger partial charge in [0.25, 0.3) is 0 Å². The lowest BCUT2D eigenvalue weighted by Gasteiger charge is -1.98. The number of imidazole rings is 1. The molecule has 1 N–H and O–H groups in total. The first-order valence-electron chi connectivity index (χ1n) is 6.24. The number of nitrogens with zero attached hydrogens (tertiary/aromatic N) is 3. The van der Waals surface area contributed by atoms with E-state index in [0.717, 1.165) is 34.7 Å². The van der Waals surface area contributed by atoms with Crippen LogP contribution in [0.4, 0.5) is 0 Å². The summed E-state index contributed by atoms with van der Waals surface area (Å²) in [5.74, 6) is 1.70. The van der Waals surface area contributed by atoms with Crippen LogP contribution in [0.1, 0.15) is 12.7 Å². The number of rotatable bonds is 3. The molecule has 0 spiro atoms. The Morgan fingerprint density at radius 3 is 2.84 bits per heavy atom. The zero-order valence-electron chi connectivity index (χ0n) is 10.7. The average Bonchev–Trinajstić information content (AvgIpc) is 2.87. The largest absolute Gasteiger partial charge is 0.342 e. The number of aromatic amines is 1. The number of hydrogen-bond donors (Lipinski definition) is 1.